The number of aryl methyl sites for hydroxylation is 1. The lowest BCUT2D eigenvalue weighted by atomic mass is 9.85. The zero-order chi connectivity index (χ0) is 40.8. The third-order valence-electron chi connectivity index (χ3n) is 11.5. The van der Waals surface area contributed by atoms with Gasteiger partial charge in [0.1, 0.15) is 11.8 Å². The maximum Gasteiger partial charge on any atom is 0.573 e. The Balaban J connectivity index is 0.934. The molecule has 4 aromatic carbocycles. The van der Waals surface area contributed by atoms with Gasteiger partial charge in [-0.15, -0.1) is 13.2 Å². The summed E-state index contributed by atoms with van der Waals surface area (Å²) < 4.78 is 78.8. The first-order valence-corrected chi connectivity index (χ1v) is 19.3. The van der Waals surface area contributed by atoms with Gasteiger partial charge in [-0.1, -0.05) is 60.7 Å². The van der Waals surface area contributed by atoms with Crippen LogP contribution in [0.25, 0.3) is 21.9 Å². The summed E-state index contributed by atoms with van der Waals surface area (Å²) in [5.74, 6) is -4.98. The number of ether oxygens (including phenoxy) is 1. The molecule has 58 heavy (non-hydrogen) atoms. The summed E-state index contributed by atoms with van der Waals surface area (Å²) in [7, 11) is 1.60. The zero-order valence-electron chi connectivity index (χ0n) is 31.8. The van der Waals surface area contributed by atoms with E-state index in [2.05, 4.69) is 20.3 Å². The van der Waals surface area contributed by atoms with E-state index in [1.54, 1.807) is 78.8 Å². The van der Waals surface area contributed by atoms with Crippen molar-refractivity contribution in [2.24, 2.45) is 7.05 Å². The summed E-state index contributed by atoms with van der Waals surface area (Å²) >= 11 is 0. The number of carbonyl (C=O) groups excluding carboxylic acids is 2. The van der Waals surface area contributed by atoms with Crippen LogP contribution >= 0.6 is 0 Å². The number of anilines is 1. The van der Waals surface area contributed by atoms with Crippen molar-refractivity contribution in [1.29, 1.82) is 0 Å². The van der Waals surface area contributed by atoms with E-state index in [1.807, 2.05) is 18.2 Å². The summed E-state index contributed by atoms with van der Waals surface area (Å²) in [5, 5.41) is 6.47. The first-order chi connectivity index (χ1) is 27.7. The van der Waals surface area contributed by atoms with Crippen molar-refractivity contribution < 1.29 is 36.3 Å². The average Bonchev–Trinajstić information content (AvgIpc) is 3.18. The SMILES string of the molecule is Cn1cc(-c2ccc(CN3CCc4c(cccc4CN4CCC(c5ccc(NC6CCC(=O)NC6=O)cc5)C(F)(F)C4)C3)c(OC(F)(F)F)c2)c2ccccc2c1=O. The fraction of sp³-hybridized carbons (Fsp3) is 0.341. The van der Waals surface area contributed by atoms with Crippen LogP contribution < -0.4 is 20.9 Å². The van der Waals surface area contributed by atoms with E-state index >= 15 is 8.78 Å². The highest BCUT2D eigenvalue weighted by Gasteiger charge is 2.45. The number of piperidine rings is 2. The highest BCUT2D eigenvalue weighted by molar-refractivity contribution is 6.01. The summed E-state index contributed by atoms with van der Waals surface area (Å²) in [6.07, 6.45) is -1.84. The zero-order valence-corrected chi connectivity index (χ0v) is 31.8. The molecule has 14 heteroatoms. The number of benzene rings is 4. The van der Waals surface area contributed by atoms with Gasteiger partial charge in [-0.05, 0) is 83.3 Å². The number of alkyl halides is 5. The molecule has 0 aliphatic carbocycles. The molecular formula is C44H42F5N5O4. The van der Waals surface area contributed by atoms with Crippen molar-refractivity contribution in [2.75, 3.05) is 25.0 Å². The second-order valence-corrected chi connectivity index (χ2v) is 15.5. The van der Waals surface area contributed by atoms with Crippen molar-refractivity contribution in [1.82, 2.24) is 19.7 Å². The predicted molar refractivity (Wildman–Crippen MR) is 209 cm³/mol. The molecule has 2 atom stereocenters. The molecule has 2 saturated heterocycles. The van der Waals surface area contributed by atoms with Gasteiger partial charge in [0.15, 0.2) is 0 Å². The number of nitrogens with zero attached hydrogens (tertiary/aromatic N) is 3. The molecule has 2 amide bonds. The molecule has 4 heterocycles. The molecular weight excluding hydrogens is 758 g/mol. The lowest BCUT2D eigenvalue weighted by Gasteiger charge is -2.39. The van der Waals surface area contributed by atoms with E-state index in [9.17, 15) is 27.6 Å². The summed E-state index contributed by atoms with van der Waals surface area (Å²) in [5.41, 5.74) is 5.42. The number of halogens is 5. The monoisotopic (exact) mass is 799 g/mol. The molecule has 8 rings (SSSR count). The van der Waals surface area contributed by atoms with Crippen LogP contribution in [-0.2, 0) is 42.7 Å². The van der Waals surface area contributed by atoms with Gasteiger partial charge >= 0.3 is 6.36 Å². The van der Waals surface area contributed by atoms with Crippen LogP contribution in [0, 0.1) is 0 Å². The van der Waals surface area contributed by atoms with Crippen molar-refractivity contribution >= 4 is 28.3 Å². The number of fused-ring (bicyclic) bond motifs is 2. The number of pyridine rings is 1. The van der Waals surface area contributed by atoms with Gasteiger partial charge in [0.05, 0.1) is 12.5 Å². The van der Waals surface area contributed by atoms with Gasteiger partial charge in [-0.3, -0.25) is 29.5 Å². The van der Waals surface area contributed by atoms with Crippen LogP contribution in [0.2, 0.25) is 0 Å². The van der Waals surface area contributed by atoms with E-state index in [0.29, 0.717) is 77.7 Å². The molecule has 3 aliphatic rings. The van der Waals surface area contributed by atoms with Gasteiger partial charge < -0.3 is 14.6 Å². The topological polar surface area (TPSA) is 95.9 Å². The number of hydrogen-bond acceptors (Lipinski definition) is 7. The van der Waals surface area contributed by atoms with E-state index in [0.717, 1.165) is 16.7 Å². The molecule has 302 valence electrons. The molecule has 2 unspecified atom stereocenters. The second kappa shape index (κ2) is 15.6. The molecule has 5 aromatic rings. The van der Waals surface area contributed by atoms with E-state index in [-0.39, 0.29) is 36.6 Å². The second-order valence-electron chi connectivity index (χ2n) is 15.5. The van der Waals surface area contributed by atoms with E-state index in [4.69, 9.17) is 0 Å². The van der Waals surface area contributed by atoms with Gasteiger partial charge in [0, 0.05) is 68.0 Å². The largest absolute Gasteiger partial charge is 0.573 e. The Morgan fingerprint density at radius 3 is 2.34 bits per heavy atom. The third-order valence-corrected chi connectivity index (χ3v) is 11.5. The lowest BCUT2D eigenvalue weighted by molar-refractivity contribution is -0.275. The standard InChI is InChI=1S/C44H42F5N5O4/c1-52-25-36(34-7-2-3-8-35(34)42(52)57)28-9-10-31(39(21-28)58-44(47,48)49)24-53-19-17-33-29(22-53)5-4-6-30(33)23-54-20-18-37(43(45,46)26-54)27-11-13-32(14-12-27)50-38-15-16-40(55)51-41(38)56/h2-14,21,25,37-38,50H,15-20,22-24,26H2,1H3,(H,51,55,56). The molecule has 0 radical (unpaired) electrons. The molecule has 1 aromatic heterocycles. The summed E-state index contributed by atoms with van der Waals surface area (Å²) in [6, 6.07) is 23.7. The molecule has 2 fully saturated rings. The molecule has 9 nitrogen and oxygen atoms in total. The molecule has 0 spiro atoms. The number of carbonyl (C=O) groups is 2. The summed E-state index contributed by atoms with van der Waals surface area (Å²) in [4.78, 5) is 40.2. The number of aromatic nitrogens is 1. The molecule has 2 N–H and O–H groups in total. The normalized spacial score (nSPS) is 20.1. The van der Waals surface area contributed by atoms with E-state index < -0.39 is 36.7 Å². The molecule has 0 saturated carbocycles. The number of rotatable bonds is 9. The number of hydrogen-bond donors (Lipinski definition) is 2. The molecule has 0 bridgehead atoms. The van der Waals surface area contributed by atoms with Crippen molar-refractivity contribution in [2.45, 2.75) is 69.6 Å². The van der Waals surface area contributed by atoms with Crippen LogP contribution in [0.1, 0.15) is 53.0 Å². The van der Waals surface area contributed by atoms with Gasteiger partial charge in [0.25, 0.3) is 11.5 Å². The number of amides is 2. The Hall–Kier alpha value is -5.60. The Morgan fingerprint density at radius 2 is 1.60 bits per heavy atom. The fourth-order valence-electron chi connectivity index (χ4n) is 8.63. The summed E-state index contributed by atoms with van der Waals surface area (Å²) in [6.45, 7) is 1.63. The Morgan fingerprint density at radius 1 is 0.845 bits per heavy atom. The third kappa shape index (κ3) is 8.35. The quantitative estimate of drug-likeness (QED) is 0.118. The predicted octanol–water partition coefficient (Wildman–Crippen LogP) is 7.50. The number of likely N-dealkylation sites (tertiary alicyclic amines) is 1. The average molecular weight is 800 g/mol. The lowest BCUT2D eigenvalue weighted by Crippen LogP contribution is -2.47. The highest BCUT2D eigenvalue weighted by Crippen LogP contribution is 2.42. The maximum atomic E-state index is 15.8. The first kappa shape index (κ1) is 39.2. The van der Waals surface area contributed by atoms with E-state index in [1.165, 1.54) is 10.6 Å². The van der Waals surface area contributed by atoms with Gasteiger partial charge in [0.2, 0.25) is 11.8 Å². The number of nitrogens with one attached hydrogen (secondary N) is 2. The van der Waals surface area contributed by atoms with Crippen LogP contribution in [0.4, 0.5) is 27.6 Å². The minimum Gasteiger partial charge on any atom is -0.405 e. The fourth-order valence-corrected chi connectivity index (χ4v) is 8.63. The van der Waals surface area contributed by atoms with Crippen molar-refractivity contribution in [3.63, 3.8) is 0 Å². The van der Waals surface area contributed by atoms with Gasteiger partial charge in [-0.25, -0.2) is 8.78 Å². The van der Waals surface area contributed by atoms with Crippen molar-refractivity contribution in [3.8, 4) is 16.9 Å². The van der Waals surface area contributed by atoms with Gasteiger partial charge in [-0.2, -0.15) is 0 Å². The number of imide groups is 1. The first-order valence-electron chi connectivity index (χ1n) is 19.3. The molecule has 3 aliphatic heterocycles. The minimum atomic E-state index is -4.92. The Bertz CT molecular complexity index is 2430. The maximum absolute atomic E-state index is 15.8. The van der Waals surface area contributed by atoms with Crippen molar-refractivity contribution in [3.05, 3.63) is 129 Å². The van der Waals surface area contributed by atoms with Crippen LogP contribution in [0.5, 0.6) is 5.75 Å². The van der Waals surface area contributed by atoms with Crippen LogP contribution in [0.3, 0.4) is 0 Å². The Labute approximate surface area is 331 Å². The highest BCUT2D eigenvalue weighted by atomic mass is 19.4. The Kier molecular flexibility index (Phi) is 10.6. The van der Waals surface area contributed by atoms with Crippen LogP contribution in [0.15, 0.2) is 95.9 Å². The minimum absolute atomic E-state index is 0.192. The van der Waals surface area contributed by atoms with Crippen LogP contribution in [-0.4, -0.2) is 64.1 Å². The smallest absolute Gasteiger partial charge is 0.405 e.